The first kappa shape index (κ1) is 11.9. The molecule has 2 aliphatic heterocycles. The molecule has 0 N–H and O–H groups in total. The Morgan fingerprint density at radius 1 is 1.11 bits per heavy atom. The van der Waals surface area contributed by atoms with Gasteiger partial charge in [-0.05, 0) is 25.7 Å². The van der Waals surface area contributed by atoms with Crippen LogP contribution in [-0.2, 0) is 17.8 Å². The molecule has 3 heterocycles. The number of aromatic nitrogens is 2. The molecule has 3 aliphatic rings. The quantitative estimate of drug-likeness (QED) is 0.817. The van der Waals surface area contributed by atoms with E-state index in [4.69, 9.17) is 9.72 Å². The highest BCUT2D eigenvalue weighted by atomic mass is 16.5. The van der Waals surface area contributed by atoms with Gasteiger partial charge in [-0.25, -0.2) is 4.98 Å². The van der Waals surface area contributed by atoms with Crippen LogP contribution in [0, 0.1) is 0 Å². The molecule has 0 spiro atoms. The van der Waals surface area contributed by atoms with Crippen LogP contribution in [0.5, 0.6) is 0 Å². The van der Waals surface area contributed by atoms with E-state index < -0.39 is 0 Å². The van der Waals surface area contributed by atoms with Gasteiger partial charge in [-0.3, -0.25) is 4.90 Å². The van der Waals surface area contributed by atoms with E-state index in [0.717, 1.165) is 32.2 Å². The molecule has 1 aliphatic carbocycles. The number of fused-ring (bicyclic) bond motifs is 1. The lowest BCUT2D eigenvalue weighted by molar-refractivity contribution is 0.0235. The molecule has 2 fully saturated rings. The Morgan fingerprint density at radius 3 is 2.68 bits per heavy atom. The third-order valence-corrected chi connectivity index (χ3v) is 5.08. The molecule has 0 bridgehead atoms. The Hall–Kier alpha value is -0.870. The topological polar surface area (TPSA) is 30.3 Å². The molecule has 1 aromatic heterocycles. The highest BCUT2D eigenvalue weighted by molar-refractivity contribution is 5.13. The van der Waals surface area contributed by atoms with Crippen molar-refractivity contribution in [3.05, 3.63) is 17.7 Å². The fourth-order valence-corrected chi connectivity index (χ4v) is 3.56. The molecule has 104 valence electrons. The molecule has 0 amide bonds. The zero-order valence-electron chi connectivity index (χ0n) is 11.6. The minimum atomic E-state index is 0.714. The number of hydrogen-bond donors (Lipinski definition) is 0. The predicted molar refractivity (Wildman–Crippen MR) is 73.1 cm³/mol. The molecule has 4 heteroatoms. The summed E-state index contributed by atoms with van der Waals surface area (Å²) in [5.74, 6) is 2.05. The molecule has 0 aromatic carbocycles. The lowest BCUT2D eigenvalue weighted by atomic mass is 9.83. The van der Waals surface area contributed by atoms with Crippen LogP contribution in [0.2, 0.25) is 0 Å². The Morgan fingerprint density at radius 2 is 1.95 bits per heavy atom. The standard InChI is InChI=1S/C15H23N3O/c1-2-12(3-1)14-10-18-7-6-17(11-15(18)16-14)13-4-8-19-9-5-13/h10,12-13H,1-9,11H2. The molecule has 4 rings (SSSR count). The van der Waals surface area contributed by atoms with Crippen molar-refractivity contribution < 1.29 is 4.74 Å². The molecule has 4 nitrogen and oxygen atoms in total. The smallest absolute Gasteiger partial charge is 0.123 e. The highest BCUT2D eigenvalue weighted by Gasteiger charge is 2.28. The van der Waals surface area contributed by atoms with Crippen molar-refractivity contribution in [3.8, 4) is 0 Å². The summed E-state index contributed by atoms with van der Waals surface area (Å²) in [6, 6.07) is 0.714. The number of imidazole rings is 1. The van der Waals surface area contributed by atoms with Crippen molar-refractivity contribution in [2.45, 2.75) is 57.2 Å². The van der Waals surface area contributed by atoms with Crippen LogP contribution in [0.4, 0.5) is 0 Å². The molecule has 19 heavy (non-hydrogen) atoms. The summed E-state index contributed by atoms with van der Waals surface area (Å²) in [6.45, 7) is 5.20. The van der Waals surface area contributed by atoms with E-state index in [1.807, 2.05) is 0 Å². The van der Waals surface area contributed by atoms with Crippen molar-refractivity contribution >= 4 is 0 Å². The molecule has 1 aromatic rings. The SMILES string of the molecule is c1c(C2CCC2)nc2n1CCN(C1CCOCC1)C2. The van der Waals surface area contributed by atoms with Gasteiger partial charge in [-0.1, -0.05) is 6.42 Å². The summed E-state index contributed by atoms with van der Waals surface area (Å²) in [6.07, 6.45) is 8.79. The van der Waals surface area contributed by atoms with Crippen molar-refractivity contribution in [1.82, 2.24) is 14.5 Å². The zero-order valence-corrected chi connectivity index (χ0v) is 11.6. The lowest BCUT2D eigenvalue weighted by Gasteiger charge is -2.36. The molecule has 0 radical (unpaired) electrons. The molecule has 1 saturated heterocycles. The maximum Gasteiger partial charge on any atom is 0.123 e. The molecular formula is C15H23N3O. The second kappa shape index (κ2) is 4.91. The van der Waals surface area contributed by atoms with Crippen LogP contribution < -0.4 is 0 Å². The third kappa shape index (κ3) is 2.21. The Balaban J connectivity index is 1.48. The van der Waals surface area contributed by atoms with E-state index in [1.165, 1.54) is 50.2 Å². The summed E-state index contributed by atoms with van der Waals surface area (Å²) >= 11 is 0. The van der Waals surface area contributed by atoms with Gasteiger partial charge in [-0.2, -0.15) is 0 Å². The van der Waals surface area contributed by atoms with Crippen molar-refractivity contribution in [3.63, 3.8) is 0 Å². The first-order valence-corrected chi connectivity index (χ1v) is 7.78. The van der Waals surface area contributed by atoms with Gasteiger partial charge in [-0.15, -0.1) is 0 Å². The van der Waals surface area contributed by atoms with Crippen molar-refractivity contribution in [2.75, 3.05) is 19.8 Å². The van der Waals surface area contributed by atoms with E-state index in [-0.39, 0.29) is 0 Å². The second-order valence-corrected chi connectivity index (χ2v) is 6.22. The van der Waals surface area contributed by atoms with Crippen LogP contribution in [0.3, 0.4) is 0 Å². The number of ether oxygens (including phenoxy) is 1. The fourth-order valence-electron chi connectivity index (χ4n) is 3.56. The van der Waals surface area contributed by atoms with Gasteiger partial charge in [0.05, 0.1) is 12.2 Å². The summed E-state index contributed by atoms with van der Waals surface area (Å²) in [7, 11) is 0. The van der Waals surface area contributed by atoms with Crippen LogP contribution in [0.25, 0.3) is 0 Å². The first-order valence-electron chi connectivity index (χ1n) is 7.78. The lowest BCUT2D eigenvalue weighted by Crippen LogP contribution is -2.43. The number of hydrogen-bond acceptors (Lipinski definition) is 3. The minimum Gasteiger partial charge on any atom is -0.381 e. The van der Waals surface area contributed by atoms with Gasteiger partial charge < -0.3 is 9.30 Å². The molecule has 0 atom stereocenters. The number of nitrogens with zero attached hydrogens (tertiary/aromatic N) is 3. The van der Waals surface area contributed by atoms with Crippen molar-refractivity contribution in [2.24, 2.45) is 0 Å². The van der Waals surface area contributed by atoms with Crippen LogP contribution >= 0.6 is 0 Å². The van der Waals surface area contributed by atoms with E-state index >= 15 is 0 Å². The van der Waals surface area contributed by atoms with Gasteiger partial charge in [0.25, 0.3) is 0 Å². The average molecular weight is 261 g/mol. The average Bonchev–Trinajstić information content (AvgIpc) is 2.79. The van der Waals surface area contributed by atoms with Gasteiger partial charge in [0.1, 0.15) is 5.82 Å². The van der Waals surface area contributed by atoms with Gasteiger partial charge >= 0.3 is 0 Å². The van der Waals surface area contributed by atoms with E-state index in [9.17, 15) is 0 Å². The Kier molecular flexibility index (Phi) is 3.08. The Bertz CT molecular complexity index is 446. The second-order valence-electron chi connectivity index (χ2n) is 6.22. The van der Waals surface area contributed by atoms with Crippen LogP contribution in [0.1, 0.15) is 49.5 Å². The zero-order chi connectivity index (χ0) is 12.7. The van der Waals surface area contributed by atoms with Gasteiger partial charge in [0, 0.05) is 44.5 Å². The first-order chi connectivity index (χ1) is 9.40. The highest BCUT2D eigenvalue weighted by Crippen LogP contribution is 2.36. The normalized spacial score (nSPS) is 26.1. The minimum absolute atomic E-state index is 0.714. The van der Waals surface area contributed by atoms with Crippen LogP contribution in [0.15, 0.2) is 6.20 Å². The monoisotopic (exact) mass is 261 g/mol. The maximum atomic E-state index is 5.47. The van der Waals surface area contributed by atoms with Gasteiger partial charge in [0.2, 0.25) is 0 Å². The summed E-state index contributed by atoms with van der Waals surface area (Å²) in [5.41, 5.74) is 1.36. The van der Waals surface area contributed by atoms with E-state index in [2.05, 4.69) is 15.7 Å². The third-order valence-electron chi connectivity index (χ3n) is 5.08. The largest absolute Gasteiger partial charge is 0.381 e. The number of rotatable bonds is 2. The predicted octanol–water partition coefficient (Wildman–Crippen LogP) is 2.15. The Labute approximate surface area is 114 Å². The van der Waals surface area contributed by atoms with E-state index in [0.29, 0.717) is 6.04 Å². The molecule has 0 unspecified atom stereocenters. The van der Waals surface area contributed by atoms with Crippen molar-refractivity contribution in [1.29, 1.82) is 0 Å². The molecule has 1 saturated carbocycles. The maximum absolute atomic E-state index is 5.47. The van der Waals surface area contributed by atoms with Crippen LogP contribution in [-0.4, -0.2) is 40.3 Å². The van der Waals surface area contributed by atoms with E-state index in [1.54, 1.807) is 0 Å². The summed E-state index contributed by atoms with van der Waals surface area (Å²) in [4.78, 5) is 7.53. The summed E-state index contributed by atoms with van der Waals surface area (Å²) < 4.78 is 7.86. The summed E-state index contributed by atoms with van der Waals surface area (Å²) in [5, 5.41) is 0. The fraction of sp³-hybridized carbons (Fsp3) is 0.800. The molecular weight excluding hydrogens is 238 g/mol. The van der Waals surface area contributed by atoms with Gasteiger partial charge in [0.15, 0.2) is 0 Å².